The number of hydrogen-bond donors (Lipinski definition) is 2. The second-order valence-corrected chi connectivity index (χ2v) is 6.23. The van der Waals surface area contributed by atoms with Gasteiger partial charge in [-0.25, -0.2) is 9.97 Å². The zero-order valence-electron chi connectivity index (χ0n) is 14.2. The van der Waals surface area contributed by atoms with Crippen LogP contribution in [0.5, 0.6) is 5.75 Å². The van der Waals surface area contributed by atoms with Gasteiger partial charge in [0.15, 0.2) is 11.6 Å². The van der Waals surface area contributed by atoms with Gasteiger partial charge in [0.05, 0.1) is 17.3 Å². The third-order valence-corrected chi connectivity index (χ3v) is 4.37. The summed E-state index contributed by atoms with van der Waals surface area (Å²) in [4.78, 5) is 9.12. The van der Waals surface area contributed by atoms with Gasteiger partial charge in [0.2, 0.25) is 0 Å². The third-order valence-electron chi connectivity index (χ3n) is 4.03. The van der Waals surface area contributed by atoms with Crippen molar-refractivity contribution in [3.8, 4) is 17.1 Å². The van der Waals surface area contributed by atoms with Crippen molar-refractivity contribution in [1.82, 2.24) is 9.97 Å². The SMILES string of the molecule is Oc1ccccc1-c1nc(NN=Cc2ccccc2Cl)c2ccccc2n1. The highest BCUT2D eigenvalue weighted by Gasteiger charge is 2.11. The van der Waals surface area contributed by atoms with Gasteiger partial charge in [-0.3, -0.25) is 5.43 Å². The number of hydrazone groups is 1. The highest BCUT2D eigenvalue weighted by atomic mass is 35.5. The second kappa shape index (κ2) is 7.43. The minimum atomic E-state index is 0.123. The second-order valence-electron chi connectivity index (χ2n) is 5.82. The molecular weight excluding hydrogens is 360 g/mol. The first kappa shape index (κ1) is 17.0. The van der Waals surface area contributed by atoms with E-state index in [0.717, 1.165) is 16.5 Å². The molecule has 0 atom stereocenters. The van der Waals surface area contributed by atoms with Crippen LogP contribution in [0.4, 0.5) is 5.82 Å². The molecule has 1 aromatic heterocycles. The largest absolute Gasteiger partial charge is 0.507 e. The molecule has 5 nitrogen and oxygen atoms in total. The average molecular weight is 375 g/mol. The van der Waals surface area contributed by atoms with E-state index in [1.165, 1.54) is 0 Å². The lowest BCUT2D eigenvalue weighted by atomic mass is 10.1. The summed E-state index contributed by atoms with van der Waals surface area (Å²) >= 11 is 6.15. The van der Waals surface area contributed by atoms with Crippen molar-refractivity contribution in [2.45, 2.75) is 0 Å². The van der Waals surface area contributed by atoms with E-state index in [4.69, 9.17) is 11.6 Å². The van der Waals surface area contributed by atoms with Crippen LogP contribution in [-0.2, 0) is 0 Å². The maximum absolute atomic E-state index is 10.1. The number of anilines is 1. The number of halogens is 1. The summed E-state index contributed by atoms with van der Waals surface area (Å²) < 4.78 is 0. The Kier molecular flexibility index (Phi) is 4.68. The van der Waals surface area contributed by atoms with Crippen molar-refractivity contribution in [2.75, 3.05) is 5.43 Å². The van der Waals surface area contributed by atoms with Gasteiger partial charge in [-0.1, -0.05) is 54.1 Å². The first-order valence-corrected chi connectivity index (χ1v) is 8.69. The summed E-state index contributed by atoms with van der Waals surface area (Å²) in [5.41, 5.74) is 5.08. The molecule has 0 saturated carbocycles. The smallest absolute Gasteiger partial charge is 0.165 e. The van der Waals surface area contributed by atoms with E-state index in [1.54, 1.807) is 30.5 Å². The Balaban J connectivity index is 1.75. The molecule has 0 fully saturated rings. The number of fused-ring (bicyclic) bond motifs is 1. The number of nitrogens with one attached hydrogen (secondary N) is 1. The van der Waals surface area contributed by atoms with Crippen LogP contribution in [0.1, 0.15) is 5.56 Å². The van der Waals surface area contributed by atoms with Gasteiger partial charge in [-0.05, 0) is 30.3 Å². The van der Waals surface area contributed by atoms with Gasteiger partial charge in [0, 0.05) is 16.0 Å². The molecule has 0 aliphatic rings. The fourth-order valence-electron chi connectivity index (χ4n) is 2.69. The fraction of sp³-hybridized carbons (Fsp3) is 0. The standard InChI is InChI=1S/C21H15ClN4O/c22-17-10-4-1-7-14(17)13-23-26-21-15-8-2-5-11-18(15)24-20(25-21)16-9-3-6-12-19(16)27/h1-13,27H,(H,24,25,26). The summed E-state index contributed by atoms with van der Waals surface area (Å²) in [7, 11) is 0. The van der Waals surface area contributed by atoms with Gasteiger partial charge >= 0.3 is 0 Å². The number of benzene rings is 3. The van der Waals surface area contributed by atoms with E-state index < -0.39 is 0 Å². The Morgan fingerprint density at radius 3 is 2.48 bits per heavy atom. The lowest BCUT2D eigenvalue weighted by Gasteiger charge is -2.09. The molecule has 6 heteroatoms. The van der Waals surface area contributed by atoms with Crippen molar-refractivity contribution in [2.24, 2.45) is 5.10 Å². The summed E-state index contributed by atoms with van der Waals surface area (Å²) in [5, 5.41) is 15.8. The first-order valence-electron chi connectivity index (χ1n) is 8.31. The van der Waals surface area contributed by atoms with Crippen LogP contribution in [0, 0.1) is 0 Å². The minimum absolute atomic E-state index is 0.123. The number of aromatic nitrogens is 2. The van der Waals surface area contributed by atoms with E-state index in [2.05, 4.69) is 20.5 Å². The number of para-hydroxylation sites is 2. The van der Waals surface area contributed by atoms with Crippen LogP contribution in [0.25, 0.3) is 22.3 Å². The van der Waals surface area contributed by atoms with E-state index in [0.29, 0.717) is 22.2 Å². The highest BCUT2D eigenvalue weighted by Crippen LogP contribution is 2.29. The molecule has 4 aromatic rings. The normalized spacial score (nSPS) is 11.1. The topological polar surface area (TPSA) is 70.4 Å². The lowest BCUT2D eigenvalue weighted by Crippen LogP contribution is -1.99. The van der Waals surface area contributed by atoms with Crippen LogP contribution in [0.15, 0.2) is 77.9 Å². The van der Waals surface area contributed by atoms with E-state index in [9.17, 15) is 5.11 Å². The van der Waals surface area contributed by atoms with Crippen molar-refractivity contribution >= 4 is 34.5 Å². The molecule has 1 heterocycles. The summed E-state index contributed by atoms with van der Waals surface area (Å²) in [5.74, 6) is 1.09. The molecule has 0 saturated heterocycles. The monoisotopic (exact) mass is 374 g/mol. The summed E-state index contributed by atoms with van der Waals surface area (Å²) in [6.07, 6.45) is 1.64. The van der Waals surface area contributed by atoms with Gasteiger partial charge < -0.3 is 5.11 Å². The molecule has 132 valence electrons. The average Bonchev–Trinajstić information content (AvgIpc) is 2.69. The van der Waals surface area contributed by atoms with Gasteiger partial charge in [0.1, 0.15) is 5.75 Å². The Morgan fingerprint density at radius 1 is 0.889 bits per heavy atom. The number of phenolic OH excluding ortho intramolecular Hbond substituents is 1. The quantitative estimate of drug-likeness (QED) is 0.385. The zero-order chi connectivity index (χ0) is 18.6. The predicted molar refractivity (Wildman–Crippen MR) is 109 cm³/mol. The molecular formula is C21H15ClN4O. The van der Waals surface area contributed by atoms with Crippen LogP contribution in [0.2, 0.25) is 5.02 Å². The number of nitrogens with zero attached hydrogens (tertiary/aromatic N) is 3. The van der Waals surface area contributed by atoms with Crippen molar-refractivity contribution < 1.29 is 5.11 Å². The highest BCUT2D eigenvalue weighted by molar-refractivity contribution is 6.33. The molecule has 0 bridgehead atoms. The fourth-order valence-corrected chi connectivity index (χ4v) is 2.87. The molecule has 0 radical (unpaired) electrons. The maximum atomic E-state index is 10.1. The molecule has 3 aromatic carbocycles. The molecule has 0 aliphatic heterocycles. The summed E-state index contributed by atoms with van der Waals surface area (Å²) in [6, 6.07) is 22.0. The Morgan fingerprint density at radius 2 is 1.63 bits per heavy atom. The molecule has 0 unspecified atom stereocenters. The molecule has 2 N–H and O–H groups in total. The van der Waals surface area contributed by atoms with E-state index >= 15 is 0 Å². The van der Waals surface area contributed by atoms with Crippen molar-refractivity contribution in [1.29, 1.82) is 0 Å². The van der Waals surface area contributed by atoms with E-state index in [1.807, 2.05) is 48.5 Å². The van der Waals surface area contributed by atoms with Crippen molar-refractivity contribution in [3.05, 3.63) is 83.4 Å². The minimum Gasteiger partial charge on any atom is -0.507 e. The molecule has 0 amide bonds. The molecule has 4 rings (SSSR count). The van der Waals surface area contributed by atoms with Crippen LogP contribution >= 0.6 is 11.6 Å². The number of hydrogen-bond acceptors (Lipinski definition) is 5. The van der Waals surface area contributed by atoms with Crippen LogP contribution in [0.3, 0.4) is 0 Å². The lowest BCUT2D eigenvalue weighted by molar-refractivity contribution is 0.477. The predicted octanol–water partition coefficient (Wildman–Crippen LogP) is 5.10. The van der Waals surface area contributed by atoms with Crippen LogP contribution in [-0.4, -0.2) is 21.3 Å². The Bertz CT molecular complexity index is 1140. The number of rotatable bonds is 4. The summed E-state index contributed by atoms with van der Waals surface area (Å²) in [6.45, 7) is 0. The zero-order valence-corrected chi connectivity index (χ0v) is 14.9. The Labute approximate surface area is 161 Å². The van der Waals surface area contributed by atoms with Crippen molar-refractivity contribution in [3.63, 3.8) is 0 Å². The van der Waals surface area contributed by atoms with Gasteiger partial charge in [-0.15, -0.1) is 0 Å². The first-order chi connectivity index (χ1) is 13.2. The van der Waals surface area contributed by atoms with Gasteiger partial charge in [-0.2, -0.15) is 5.10 Å². The Hall–Kier alpha value is -3.44. The number of aromatic hydroxyl groups is 1. The van der Waals surface area contributed by atoms with Crippen LogP contribution < -0.4 is 5.43 Å². The molecule has 27 heavy (non-hydrogen) atoms. The number of phenols is 1. The van der Waals surface area contributed by atoms with Gasteiger partial charge in [0.25, 0.3) is 0 Å². The molecule has 0 spiro atoms. The van der Waals surface area contributed by atoms with E-state index in [-0.39, 0.29) is 5.75 Å². The maximum Gasteiger partial charge on any atom is 0.165 e. The molecule has 0 aliphatic carbocycles. The third kappa shape index (κ3) is 3.59.